The molecule has 6 nitrogen and oxygen atoms in total. The lowest BCUT2D eigenvalue weighted by Crippen LogP contribution is -2.18. The van der Waals surface area contributed by atoms with E-state index in [1.54, 1.807) is 37.3 Å². The van der Waals surface area contributed by atoms with Gasteiger partial charge in [-0.1, -0.05) is 48.0 Å². The van der Waals surface area contributed by atoms with Gasteiger partial charge in [0.2, 0.25) is 5.82 Å². The predicted octanol–water partition coefficient (Wildman–Crippen LogP) is 6.45. The zero-order valence-electron chi connectivity index (χ0n) is 18.2. The van der Waals surface area contributed by atoms with E-state index >= 15 is 0 Å². The van der Waals surface area contributed by atoms with Crippen LogP contribution < -0.4 is 10.1 Å². The Kier molecular flexibility index (Phi) is 6.27. The molecule has 4 aromatic rings. The van der Waals surface area contributed by atoms with Crippen molar-refractivity contribution in [3.63, 3.8) is 0 Å². The highest BCUT2D eigenvalue weighted by atomic mass is 19.4. The number of hydrogen-bond donors (Lipinski definition) is 1. The van der Waals surface area contributed by atoms with Gasteiger partial charge in [-0.05, 0) is 37.6 Å². The van der Waals surface area contributed by atoms with Crippen molar-refractivity contribution in [1.29, 1.82) is 0 Å². The highest BCUT2D eigenvalue weighted by Crippen LogP contribution is 2.33. The van der Waals surface area contributed by atoms with Gasteiger partial charge in [-0.15, -0.1) is 0 Å². The zero-order chi connectivity index (χ0) is 24.3. The first kappa shape index (κ1) is 22.9. The average Bonchev–Trinajstić information content (AvgIpc) is 2.81. The van der Waals surface area contributed by atoms with Gasteiger partial charge >= 0.3 is 12.3 Å². The Morgan fingerprint density at radius 1 is 0.882 bits per heavy atom. The van der Waals surface area contributed by atoms with Crippen LogP contribution in [-0.4, -0.2) is 21.0 Å². The normalized spacial score (nSPS) is 11.2. The summed E-state index contributed by atoms with van der Waals surface area (Å²) in [5.74, 6) is -0.845. The van der Waals surface area contributed by atoms with Crippen LogP contribution in [0, 0.1) is 13.8 Å². The molecule has 0 spiro atoms. The van der Waals surface area contributed by atoms with Crippen LogP contribution >= 0.6 is 0 Å². The monoisotopic (exact) mass is 464 g/mol. The summed E-state index contributed by atoms with van der Waals surface area (Å²) in [5, 5.41) is 2.72. The van der Waals surface area contributed by atoms with Crippen molar-refractivity contribution in [2.24, 2.45) is 0 Å². The first-order valence-corrected chi connectivity index (χ1v) is 10.2. The van der Waals surface area contributed by atoms with Crippen LogP contribution in [0.5, 0.6) is 5.75 Å². The maximum atomic E-state index is 12.8. The Bertz CT molecular complexity index is 1310. The van der Waals surface area contributed by atoms with Gasteiger partial charge < -0.3 is 4.74 Å². The summed E-state index contributed by atoms with van der Waals surface area (Å²) in [7, 11) is 0. The Balaban J connectivity index is 1.70. The number of rotatable bonds is 4. The number of hydrogen-bond acceptors (Lipinski definition) is 5. The Morgan fingerprint density at radius 2 is 1.53 bits per heavy atom. The average molecular weight is 464 g/mol. The fourth-order valence-corrected chi connectivity index (χ4v) is 3.26. The molecule has 0 unspecified atom stereocenters. The Hall–Kier alpha value is -4.27. The van der Waals surface area contributed by atoms with Crippen molar-refractivity contribution < 1.29 is 22.7 Å². The molecular formula is C25H19F3N4O2. The van der Waals surface area contributed by atoms with Crippen LogP contribution in [0.3, 0.4) is 0 Å². The van der Waals surface area contributed by atoms with E-state index in [4.69, 9.17) is 4.74 Å². The molecule has 0 aliphatic heterocycles. The van der Waals surface area contributed by atoms with Crippen LogP contribution in [0.2, 0.25) is 0 Å². The summed E-state index contributed by atoms with van der Waals surface area (Å²) in [6.07, 6.45) is -3.17. The smallest absolute Gasteiger partial charge is 0.410 e. The highest BCUT2D eigenvalue weighted by molar-refractivity contribution is 5.92. The van der Waals surface area contributed by atoms with Gasteiger partial charge in [-0.3, -0.25) is 5.32 Å². The summed E-state index contributed by atoms with van der Waals surface area (Å²) < 4.78 is 43.9. The van der Waals surface area contributed by atoms with Gasteiger partial charge in [0.25, 0.3) is 0 Å². The predicted molar refractivity (Wildman–Crippen MR) is 121 cm³/mol. The summed E-state index contributed by atoms with van der Waals surface area (Å²) in [4.78, 5) is 24.1. The van der Waals surface area contributed by atoms with Crippen molar-refractivity contribution in [3.05, 3.63) is 90.0 Å². The minimum absolute atomic E-state index is 0.316. The van der Waals surface area contributed by atoms with E-state index in [2.05, 4.69) is 20.3 Å². The van der Waals surface area contributed by atoms with Crippen molar-refractivity contribution in [3.8, 4) is 28.3 Å². The number of aromatic nitrogens is 3. The van der Waals surface area contributed by atoms with Crippen LogP contribution in [0.15, 0.2) is 73.1 Å². The molecule has 0 saturated heterocycles. The topological polar surface area (TPSA) is 77.0 Å². The van der Waals surface area contributed by atoms with E-state index in [1.807, 2.05) is 37.3 Å². The second-order valence-corrected chi connectivity index (χ2v) is 7.54. The number of anilines is 1. The molecule has 2 heterocycles. The van der Waals surface area contributed by atoms with E-state index in [0.29, 0.717) is 39.5 Å². The van der Waals surface area contributed by atoms with Crippen molar-refractivity contribution in [2.75, 3.05) is 5.32 Å². The molecular weight excluding hydrogens is 445 g/mol. The first-order valence-electron chi connectivity index (χ1n) is 10.2. The SMILES string of the molecule is Cc1ccc(OC(=O)Nc2cc(C)c(-c3cnc(C(F)(F)F)nc3)nc2-c2ccccc2)cc1. The molecule has 0 aliphatic rings. The number of aryl methyl sites for hydroxylation is 2. The van der Waals surface area contributed by atoms with Crippen LogP contribution in [-0.2, 0) is 6.18 Å². The van der Waals surface area contributed by atoms with Crippen molar-refractivity contribution in [1.82, 2.24) is 15.0 Å². The molecule has 1 amide bonds. The van der Waals surface area contributed by atoms with Gasteiger partial charge in [-0.2, -0.15) is 13.2 Å². The minimum Gasteiger partial charge on any atom is -0.410 e. The number of alkyl halides is 3. The van der Waals surface area contributed by atoms with Gasteiger partial charge in [-0.25, -0.2) is 19.7 Å². The molecule has 34 heavy (non-hydrogen) atoms. The maximum Gasteiger partial charge on any atom is 0.451 e. The fourth-order valence-electron chi connectivity index (χ4n) is 3.26. The maximum absolute atomic E-state index is 12.8. The van der Waals surface area contributed by atoms with Crippen LogP contribution in [0.1, 0.15) is 17.0 Å². The van der Waals surface area contributed by atoms with E-state index in [0.717, 1.165) is 18.0 Å². The quantitative estimate of drug-likeness (QED) is 0.375. The Morgan fingerprint density at radius 3 is 2.15 bits per heavy atom. The lowest BCUT2D eigenvalue weighted by molar-refractivity contribution is -0.144. The molecule has 0 radical (unpaired) electrons. The third-order valence-electron chi connectivity index (χ3n) is 4.91. The number of benzene rings is 2. The van der Waals surface area contributed by atoms with Gasteiger partial charge in [0.05, 0.1) is 17.1 Å². The molecule has 0 atom stereocenters. The molecule has 1 N–H and O–H groups in total. The molecule has 0 aliphatic carbocycles. The zero-order valence-corrected chi connectivity index (χ0v) is 18.2. The number of nitrogens with one attached hydrogen (secondary N) is 1. The summed E-state index contributed by atoms with van der Waals surface area (Å²) >= 11 is 0. The molecule has 0 bridgehead atoms. The number of pyridine rings is 1. The van der Waals surface area contributed by atoms with Crippen LogP contribution in [0.25, 0.3) is 22.5 Å². The van der Waals surface area contributed by atoms with Crippen molar-refractivity contribution >= 4 is 11.8 Å². The molecule has 9 heteroatoms. The van der Waals surface area contributed by atoms with E-state index < -0.39 is 18.1 Å². The van der Waals surface area contributed by atoms with Gasteiger partial charge in [0.1, 0.15) is 5.75 Å². The largest absolute Gasteiger partial charge is 0.451 e. The third kappa shape index (κ3) is 5.20. The second kappa shape index (κ2) is 9.30. The second-order valence-electron chi connectivity index (χ2n) is 7.54. The number of nitrogens with zero attached hydrogens (tertiary/aromatic N) is 3. The molecule has 2 aromatic heterocycles. The van der Waals surface area contributed by atoms with Gasteiger partial charge in [0.15, 0.2) is 0 Å². The standard InChI is InChI=1S/C25H19F3N4O2/c1-15-8-10-19(11-9-15)34-24(33)31-20-12-16(2)21(32-22(20)17-6-4-3-5-7-17)18-13-29-23(30-14-18)25(26,27)28/h3-14H,1-2H3,(H,31,33). The number of carbonyl (C=O) groups is 1. The summed E-state index contributed by atoms with van der Waals surface area (Å²) in [6, 6.07) is 17.8. The fraction of sp³-hybridized carbons (Fsp3) is 0.120. The minimum atomic E-state index is -4.64. The Labute approximate surface area is 193 Å². The number of carbonyl (C=O) groups excluding carboxylic acids is 1. The molecule has 0 fully saturated rings. The third-order valence-corrected chi connectivity index (χ3v) is 4.91. The van der Waals surface area contributed by atoms with E-state index in [1.165, 1.54) is 0 Å². The molecule has 0 saturated carbocycles. The lowest BCUT2D eigenvalue weighted by atomic mass is 10.0. The molecule has 4 rings (SSSR count). The molecule has 2 aromatic carbocycles. The van der Waals surface area contributed by atoms with E-state index in [9.17, 15) is 18.0 Å². The number of halogens is 3. The summed E-state index contributed by atoms with van der Waals surface area (Å²) in [6.45, 7) is 3.65. The molecule has 172 valence electrons. The summed E-state index contributed by atoms with van der Waals surface area (Å²) in [5.41, 5.74) is 3.85. The lowest BCUT2D eigenvalue weighted by Gasteiger charge is -2.15. The number of ether oxygens (including phenoxy) is 1. The first-order chi connectivity index (χ1) is 16.2. The van der Waals surface area contributed by atoms with E-state index in [-0.39, 0.29) is 0 Å². The van der Waals surface area contributed by atoms with Crippen LogP contribution in [0.4, 0.5) is 23.7 Å². The van der Waals surface area contributed by atoms with Crippen molar-refractivity contribution in [2.45, 2.75) is 20.0 Å². The number of amides is 1. The highest BCUT2D eigenvalue weighted by Gasteiger charge is 2.34. The van der Waals surface area contributed by atoms with Gasteiger partial charge in [0, 0.05) is 23.5 Å².